The number of imidazole rings is 1. The van der Waals surface area contributed by atoms with E-state index in [0.717, 1.165) is 66.8 Å². The molecule has 2 aliphatic carbocycles. The minimum atomic E-state index is -0.654. The van der Waals surface area contributed by atoms with Crippen LogP contribution in [0.3, 0.4) is 0 Å². The highest BCUT2D eigenvalue weighted by atomic mass is 19.1. The second-order valence-corrected chi connectivity index (χ2v) is 12.8. The van der Waals surface area contributed by atoms with Gasteiger partial charge in [-0.1, -0.05) is 32.0 Å². The van der Waals surface area contributed by atoms with E-state index in [0.29, 0.717) is 39.1 Å². The summed E-state index contributed by atoms with van der Waals surface area (Å²) in [6.45, 7) is 8.30. The Balaban J connectivity index is 1.18. The minimum Gasteiger partial charge on any atom is -0.442 e. The third-order valence-electron chi connectivity index (χ3n) is 9.68. The second-order valence-electron chi connectivity index (χ2n) is 12.8. The Morgan fingerprint density at radius 3 is 2.63 bits per heavy atom. The van der Waals surface area contributed by atoms with E-state index in [2.05, 4.69) is 42.9 Å². The fourth-order valence-corrected chi connectivity index (χ4v) is 7.13. The van der Waals surface area contributed by atoms with Gasteiger partial charge in [0.1, 0.15) is 17.2 Å². The van der Waals surface area contributed by atoms with Crippen LogP contribution >= 0.6 is 0 Å². The summed E-state index contributed by atoms with van der Waals surface area (Å²) in [5.74, 6) is 1.13. The molecule has 1 aliphatic heterocycles. The maximum atomic E-state index is 14.2. The summed E-state index contributed by atoms with van der Waals surface area (Å²) in [4.78, 5) is 26.2. The van der Waals surface area contributed by atoms with Gasteiger partial charge in [0.2, 0.25) is 0 Å². The first-order valence-electron chi connectivity index (χ1n) is 15.3. The lowest BCUT2D eigenvalue weighted by Gasteiger charge is -2.47. The van der Waals surface area contributed by atoms with Crippen molar-refractivity contribution in [3.05, 3.63) is 65.2 Å². The number of para-hydroxylation sites is 2. The normalized spacial score (nSPS) is 23.7. The SMILES string of the molecule is CC(C)C1c2ccc(F)cc2CCC1(CCN(C)CCC1(c2nc3ccccc3[nH]2)CC1)OC(=O)N1CCOCC1. The Kier molecular flexibility index (Phi) is 7.81. The summed E-state index contributed by atoms with van der Waals surface area (Å²) in [5, 5.41) is 0. The Bertz CT molecular complexity index is 1350. The Labute approximate surface area is 242 Å². The lowest BCUT2D eigenvalue weighted by atomic mass is 9.65. The molecule has 7 nitrogen and oxygen atoms in total. The molecule has 1 aromatic heterocycles. The molecule has 220 valence electrons. The third kappa shape index (κ3) is 5.73. The number of hydrogen-bond donors (Lipinski definition) is 1. The van der Waals surface area contributed by atoms with E-state index < -0.39 is 5.60 Å². The molecule has 8 heteroatoms. The zero-order valence-corrected chi connectivity index (χ0v) is 24.6. The molecule has 3 aromatic rings. The predicted molar refractivity (Wildman–Crippen MR) is 158 cm³/mol. The first-order chi connectivity index (χ1) is 19.8. The first-order valence-corrected chi connectivity index (χ1v) is 15.3. The summed E-state index contributed by atoms with van der Waals surface area (Å²) >= 11 is 0. The van der Waals surface area contributed by atoms with Gasteiger partial charge >= 0.3 is 6.09 Å². The van der Waals surface area contributed by atoms with Crippen LogP contribution in [0.15, 0.2) is 42.5 Å². The molecule has 3 aliphatic rings. The van der Waals surface area contributed by atoms with Crippen molar-refractivity contribution in [2.24, 2.45) is 5.92 Å². The fraction of sp³-hybridized carbons (Fsp3) is 0.576. The van der Waals surface area contributed by atoms with Crippen LogP contribution in [0.5, 0.6) is 0 Å². The van der Waals surface area contributed by atoms with E-state index in [1.807, 2.05) is 18.2 Å². The number of amides is 1. The highest BCUT2D eigenvalue weighted by Gasteiger charge is 2.49. The number of benzene rings is 2. The summed E-state index contributed by atoms with van der Waals surface area (Å²) in [7, 11) is 2.17. The third-order valence-corrected chi connectivity index (χ3v) is 9.68. The number of rotatable bonds is 9. The number of aromatic amines is 1. The Morgan fingerprint density at radius 1 is 1.15 bits per heavy atom. The number of carbonyl (C=O) groups is 1. The molecule has 1 amide bonds. The van der Waals surface area contributed by atoms with Crippen molar-refractivity contribution in [2.45, 2.75) is 69.3 Å². The van der Waals surface area contributed by atoms with Crippen molar-refractivity contribution in [2.75, 3.05) is 46.4 Å². The zero-order valence-electron chi connectivity index (χ0n) is 24.6. The van der Waals surface area contributed by atoms with Crippen molar-refractivity contribution in [3.63, 3.8) is 0 Å². The maximum absolute atomic E-state index is 14.2. The number of ether oxygens (including phenoxy) is 2. The number of halogens is 1. The average Bonchev–Trinajstić information content (AvgIpc) is 3.64. The number of fused-ring (bicyclic) bond motifs is 2. The van der Waals surface area contributed by atoms with Crippen LogP contribution in [0.25, 0.3) is 11.0 Å². The van der Waals surface area contributed by atoms with Crippen LogP contribution in [-0.2, 0) is 21.3 Å². The molecule has 1 saturated heterocycles. The molecule has 41 heavy (non-hydrogen) atoms. The molecular formula is C33H43FN4O3. The van der Waals surface area contributed by atoms with Gasteiger partial charge in [-0.25, -0.2) is 14.2 Å². The van der Waals surface area contributed by atoms with Crippen LogP contribution < -0.4 is 0 Å². The number of nitrogens with zero attached hydrogens (tertiary/aromatic N) is 3. The highest BCUT2D eigenvalue weighted by molar-refractivity contribution is 5.75. The van der Waals surface area contributed by atoms with Gasteiger partial charge < -0.3 is 24.3 Å². The van der Waals surface area contributed by atoms with Crippen molar-refractivity contribution < 1.29 is 18.7 Å². The van der Waals surface area contributed by atoms with Gasteiger partial charge in [-0.05, 0) is 87.0 Å². The van der Waals surface area contributed by atoms with Gasteiger partial charge in [-0.2, -0.15) is 0 Å². The Hall–Kier alpha value is -2.97. The van der Waals surface area contributed by atoms with E-state index in [4.69, 9.17) is 14.5 Å². The number of nitrogens with one attached hydrogen (secondary N) is 1. The minimum absolute atomic E-state index is 0.00411. The van der Waals surface area contributed by atoms with Gasteiger partial charge in [0.25, 0.3) is 0 Å². The molecule has 2 heterocycles. The van der Waals surface area contributed by atoms with Crippen LogP contribution in [0.2, 0.25) is 0 Å². The topological polar surface area (TPSA) is 70.7 Å². The fourth-order valence-electron chi connectivity index (χ4n) is 7.13. The van der Waals surface area contributed by atoms with Crippen molar-refractivity contribution >= 4 is 17.1 Å². The van der Waals surface area contributed by atoms with Crippen LogP contribution in [0.4, 0.5) is 9.18 Å². The van der Waals surface area contributed by atoms with Crippen LogP contribution in [-0.4, -0.2) is 77.9 Å². The number of morpholine rings is 1. The smallest absolute Gasteiger partial charge is 0.410 e. The average molecular weight is 563 g/mol. The number of carbonyl (C=O) groups excluding carboxylic acids is 1. The summed E-state index contributed by atoms with van der Waals surface area (Å²) in [5.41, 5.74) is 3.76. The lowest BCUT2D eigenvalue weighted by Crippen LogP contribution is -2.52. The van der Waals surface area contributed by atoms with Crippen LogP contribution in [0, 0.1) is 11.7 Å². The molecule has 1 N–H and O–H groups in total. The van der Waals surface area contributed by atoms with Gasteiger partial charge in [0, 0.05) is 37.4 Å². The maximum Gasteiger partial charge on any atom is 0.410 e. The van der Waals surface area contributed by atoms with Gasteiger partial charge in [-0.15, -0.1) is 0 Å². The number of aryl methyl sites for hydroxylation is 1. The first kappa shape index (κ1) is 28.2. The molecule has 2 unspecified atom stereocenters. The standard InChI is InChI=1S/C33H43FN4O3/c1-23(2)29-26-9-8-25(34)22-24(26)10-11-33(29,41-31(39)38-18-20-40-21-19-38)15-17-37(3)16-14-32(12-13-32)30-35-27-6-4-5-7-28(27)36-30/h4-9,22-23,29H,10-21H2,1-3H3,(H,35,36). The molecule has 0 bridgehead atoms. The number of aromatic nitrogens is 2. The molecule has 2 atom stereocenters. The Morgan fingerprint density at radius 2 is 1.90 bits per heavy atom. The molecule has 0 spiro atoms. The van der Waals surface area contributed by atoms with Crippen molar-refractivity contribution in [1.29, 1.82) is 0 Å². The molecule has 2 fully saturated rings. The van der Waals surface area contributed by atoms with Gasteiger partial charge in [-0.3, -0.25) is 0 Å². The molecular weight excluding hydrogens is 519 g/mol. The van der Waals surface area contributed by atoms with Gasteiger partial charge in [0.15, 0.2) is 0 Å². The quantitative estimate of drug-likeness (QED) is 0.344. The number of hydrogen-bond acceptors (Lipinski definition) is 5. The monoisotopic (exact) mass is 562 g/mol. The van der Waals surface area contributed by atoms with Gasteiger partial charge in [0.05, 0.1) is 24.2 Å². The molecule has 1 saturated carbocycles. The summed E-state index contributed by atoms with van der Waals surface area (Å²) < 4.78 is 26.2. The van der Waals surface area contributed by atoms with E-state index in [9.17, 15) is 9.18 Å². The number of H-pyrrole nitrogens is 1. The van der Waals surface area contributed by atoms with Crippen LogP contribution in [0.1, 0.15) is 68.8 Å². The zero-order chi connectivity index (χ0) is 28.6. The molecule has 2 aromatic carbocycles. The van der Waals surface area contributed by atoms with E-state index >= 15 is 0 Å². The molecule has 6 rings (SSSR count). The van der Waals surface area contributed by atoms with Crippen molar-refractivity contribution in [3.8, 4) is 0 Å². The summed E-state index contributed by atoms with van der Waals surface area (Å²) in [6, 6.07) is 13.4. The van der Waals surface area contributed by atoms with Crippen molar-refractivity contribution in [1.82, 2.24) is 19.8 Å². The van der Waals surface area contributed by atoms with E-state index in [1.54, 1.807) is 17.0 Å². The highest BCUT2D eigenvalue weighted by Crippen LogP contribution is 2.51. The largest absolute Gasteiger partial charge is 0.442 e. The second kappa shape index (κ2) is 11.4. The summed E-state index contributed by atoms with van der Waals surface area (Å²) in [6.07, 6.45) is 5.23. The predicted octanol–water partition coefficient (Wildman–Crippen LogP) is 6.04. The lowest BCUT2D eigenvalue weighted by molar-refractivity contribution is -0.0671. The van der Waals surface area contributed by atoms with E-state index in [-0.39, 0.29) is 29.2 Å². The molecule has 0 radical (unpaired) electrons. The van der Waals surface area contributed by atoms with E-state index in [1.165, 1.54) is 0 Å².